The van der Waals surface area contributed by atoms with E-state index in [-0.39, 0.29) is 36.5 Å². The number of carbonyl (C=O) groups excluding carboxylic acids is 2. The lowest BCUT2D eigenvalue weighted by Crippen LogP contribution is -2.58. The second-order valence-corrected chi connectivity index (χ2v) is 20.6. The maximum absolute atomic E-state index is 13.1. The molecule has 0 bridgehead atoms. The van der Waals surface area contributed by atoms with Crippen LogP contribution in [-0.2, 0) is 23.4 Å². The minimum atomic E-state index is -4.90. The van der Waals surface area contributed by atoms with Gasteiger partial charge in [0.1, 0.15) is 14.3 Å². The standard InChI is InChI=1S/C40H51F3N5O7PSi/c1-3-32-33(54-56-48-24-14-19-31(48)34(55-56)27-57(2,29-15-8-6-9-16-29)30-17-10-7-11-18-30)25-36(53-32)47-26-28(37(50)46-39(47)52)20-21-35(49)44-22-12-4-5-13-23-45-38(51)40(41,42)43/h6-11,15-18,20-21,26,31-34,36H,3-5,12-14,19,22-25,27H2,1-2H3,(H,44,49)(H,45,51)(H,46,50,52)/b21-20+/t31-,32+,33?,34+,36+,56?/m0/s1. The third-order valence-corrected chi connectivity index (χ3v) is 17.3. The number of carbonyl (C=O) groups is 2. The molecule has 12 nitrogen and oxygen atoms in total. The summed E-state index contributed by atoms with van der Waals surface area (Å²) in [5.74, 6) is -2.41. The summed E-state index contributed by atoms with van der Waals surface area (Å²) < 4.78 is 60.6. The number of hydrogen-bond acceptors (Lipinski definition) is 8. The largest absolute Gasteiger partial charge is 0.471 e. The second-order valence-electron chi connectivity index (χ2n) is 15.0. The molecular formula is C40H51F3N5O7PSi. The molecule has 17 heteroatoms. The Kier molecular flexibility index (Phi) is 14.4. The maximum Gasteiger partial charge on any atom is 0.471 e. The lowest BCUT2D eigenvalue weighted by Gasteiger charge is -2.32. The van der Waals surface area contributed by atoms with Gasteiger partial charge in [0.25, 0.3) is 14.1 Å². The average molecular weight is 830 g/mol. The summed E-state index contributed by atoms with van der Waals surface area (Å²) in [6, 6.07) is 22.7. The Labute approximate surface area is 332 Å². The van der Waals surface area contributed by atoms with Crippen molar-refractivity contribution in [2.24, 2.45) is 0 Å². The first kappa shape index (κ1) is 42.7. The van der Waals surface area contributed by atoms with Gasteiger partial charge in [-0.05, 0) is 44.2 Å². The Bertz CT molecular complexity index is 1930. The molecule has 3 aliphatic heterocycles. The van der Waals surface area contributed by atoms with Crippen molar-refractivity contribution in [2.75, 3.05) is 19.6 Å². The van der Waals surface area contributed by atoms with Crippen LogP contribution < -0.4 is 32.3 Å². The smallest absolute Gasteiger partial charge is 0.353 e. The quantitative estimate of drug-likeness (QED) is 0.0750. The summed E-state index contributed by atoms with van der Waals surface area (Å²) >= 11 is 0. The van der Waals surface area contributed by atoms with Crippen molar-refractivity contribution in [3.05, 3.63) is 99.3 Å². The summed E-state index contributed by atoms with van der Waals surface area (Å²) in [5.41, 5.74) is -1.18. The van der Waals surface area contributed by atoms with E-state index in [1.165, 1.54) is 33.3 Å². The van der Waals surface area contributed by atoms with Crippen molar-refractivity contribution >= 4 is 44.9 Å². The molecule has 3 aliphatic rings. The number of nitrogens with one attached hydrogen (secondary N) is 3. The molecule has 3 fully saturated rings. The first-order valence-corrected chi connectivity index (χ1v) is 23.5. The molecule has 308 valence electrons. The lowest BCUT2D eigenvalue weighted by atomic mass is 10.1. The maximum atomic E-state index is 13.1. The molecule has 3 saturated heterocycles. The molecule has 0 spiro atoms. The molecule has 3 N–H and O–H groups in total. The molecule has 6 rings (SSSR count). The minimum absolute atomic E-state index is 0.0115. The van der Waals surface area contributed by atoms with Crippen LogP contribution in [0.1, 0.15) is 70.1 Å². The number of aromatic amines is 1. The molecule has 2 amide bonds. The van der Waals surface area contributed by atoms with Crippen LogP contribution in [0.4, 0.5) is 13.2 Å². The lowest BCUT2D eigenvalue weighted by molar-refractivity contribution is -0.173. The Morgan fingerprint density at radius 3 is 2.26 bits per heavy atom. The predicted molar refractivity (Wildman–Crippen MR) is 215 cm³/mol. The van der Waals surface area contributed by atoms with Crippen LogP contribution >= 0.6 is 8.53 Å². The number of rotatable bonds is 17. The summed E-state index contributed by atoms with van der Waals surface area (Å²) in [6.07, 6.45) is 2.98. The normalized spacial score (nSPS) is 23.9. The number of amides is 2. The molecule has 57 heavy (non-hydrogen) atoms. The van der Waals surface area contributed by atoms with Gasteiger partial charge in [-0.25, -0.2) is 9.46 Å². The van der Waals surface area contributed by atoms with Crippen LogP contribution in [-0.4, -0.2) is 84.3 Å². The summed E-state index contributed by atoms with van der Waals surface area (Å²) in [4.78, 5) is 51.4. The Morgan fingerprint density at radius 2 is 1.63 bits per heavy atom. The molecule has 0 saturated carbocycles. The Morgan fingerprint density at radius 1 is 0.982 bits per heavy atom. The molecule has 2 aromatic carbocycles. The van der Waals surface area contributed by atoms with Crippen molar-refractivity contribution in [1.82, 2.24) is 24.9 Å². The zero-order valence-corrected chi connectivity index (χ0v) is 34.1. The second kappa shape index (κ2) is 19.2. The number of alkyl halides is 3. The first-order chi connectivity index (χ1) is 27.4. The number of halogens is 3. The van der Waals surface area contributed by atoms with Crippen molar-refractivity contribution in [2.45, 2.75) is 108 Å². The van der Waals surface area contributed by atoms with Crippen LogP contribution in [0.2, 0.25) is 12.6 Å². The van der Waals surface area contributed by atoms with E-state index in [1.54, 1.807) is 0 Å². The van der Waals surface area contributed by atoms with Crippen LogP contribution in [0.5, 0.6) is 0 Å². The van der Waals surface area contributed by atoms with Gasteiger partial charge in [-0.3, -0.25) is 23.9 Å². The van der Waals surface area contributed by atoms with Gasteiger partial charge in [0.05, 0.1) is 23.9 Å². The zero-order valence-electron chi connectivity index (χ0n) is 32.2. The van der Waals surface area contributed by atoms with Crippen molar-refractivity contribution in [3.63, 3.8) is 0 Å². The van der Waals surface area contributed by atoms with Crippen LogP contribution in [0, 0.1) is 0 Å². The summed E-state index contributed by atoms with van der Waals surface area (Å²) in [7, 11) is -3.56. The number of hydrogen-bond donors (Lipinski definition) is 3. The van der Waals surface area contributed by atoms with Crippen LogP contribution in [0.3, 0.4) is 0 Å². The van der Waals surface area contributed by atoms with Crippen LogP contribution in [0.15, 0.2) is 82.5 Å². The van der Waals surface area contributed by atoms with E-state index in [0.717, 1.165) is 25.4 Å². The van der Waals surface area contributed by atoms with Gasteiger partial charge in [-0.15, -0.1) is 0 Å². The average Bonchev–Trinajstić information content (AvgIpc) is 3.93. The third kappa shape index (κ3) is 10.6. The fraction of sp³-hybridized carbons (Fsp3) is 0.500. The summed E-state index contributed by atoms with van der Waals surface area (Å²) in [6.45, 7) is 5.56. The monoisotopic (exact) mass is 829 g/mol. The topological polar surface area (TPSA) is 144 Å². The Balaban J connectivity index is 1.05. The van der Waals surface area contributed by atoms with Gasteiger partial charge in [-0.1, -0.05) is 97.3 Å². The van der Waals surface area contributed by atoms with Crippen LogP contribution in [0.25, 0.3) is 6.08 Å². The number of H-pyrrole nitrogens is 1. The number of nitrogens with zero attached hydrogens (tertiary/aromatic N) is 2. The van der Waals surface area contributed by atoms with Gasteiger partial charge in [0.2, 0.25) is 5.91 Å². The number of aromatic nitrogens is 2. The van der Waals surface area contributed by atoms with Gasteiger partial charge in [0, 0.05) is 44.4 Å². The molecule has 1 aromatic heterocycles. The molecule has 2 unspecified atom stereocenters. The van der Waals surface area contributed by atoms with E-state index in [1.807, 2.05) is 12.2 Å². The molecule has 3 aromatic rings. The van der Waals surface area contributed by atoms with E-state index in [0.29, 0.717) is 45.1 Å². The number of benzene rings is 2. The van der Waals surface area contributed by atoms with E-state index in [4.69, 9.17) is 13.8 Å². The van der Waals surface area contributed by atoms with Gasteiger partial charge in [-0.2, -0.15) is 13.2 Å². The van der Waals surface area contributed by atoms with E-state index in [2.05, 4.69) is 82.2 Å². The minimum Gasteiger partial charge on any atom is -0.353 e. The predicted octanol–water partition coefficient (Wildman–Crippen LogP) is 4.97. The number of fused-ring (bicyclic) bond motifs is 1. The zero-order chi connectivity index (χ0) is 40.6. The van der Waals surface area contributed by atoms with Crippen molar-refractivity contribution in [3.8, 4) is 0 Å². The van der Waals surface area contributed by atoms with Gasteiger partial charge >= 0.3 is 17.8 Å². The molecule has 0 radical (unpaired) electrons. The van der Waals surface area contributed by atoms with Gasteiger partial charge < -0.3 is 24.4 Å². The SMILES string of the molecule is CC[C@H]1O[C@@H](n2cc(/C=C/C(=O)NCCCCCCNC(=O)C(F)(F)F)c(=O)[nH]c2=O)CC1OP1O[C@H](C[Si](C)(c2ccccc2)c2ccccc2)[C@@H]2CCCN21. The molecule has 0 aliphatic carbocycles. The highest BCUT2D eigenvalue weighted by molar-refractivity contribution is 7.45. The van der Waals surface area contributed by atoms with Crippen molar-refractivity contribution < 1.29 is 36.5 Å². The van der Waals surface area contributed by atoms with Gasteiger partial charge in [0.15, 0.2) is 0 Å². The number of unbranched alkanes of at least 4 members (excludes halogenated alkanes) is 3. The van der Waals surface area contributed by atoms with E-state index >= 15 is 0 Å². The van der Waals surface area contributed by atoms with Crippen molar-refractivity contribution in [1.29, 1.82) is 0 Å². The van der Waals surface area contributed by atoms with E-state index in [9.17, 15) is 32.3 Å². The fourth-order valence-corrected chi connectivity index (χ4v) is 13.9. The summed E-state index contributed by atoms with van der Waals surface area (Å²) in [5, 5.41) is 7.27. The molecular weight excluding hydrogens is 779 g/mol. The molecule has 4 heterocycles. The molecule has 6 atom stereocenters. The first-order valence-electron chi connectivity index (χ1n) is 19.7. The third-order valence-electron chi connectivity index (χ3n) is 11.0. The number of ether oxygens (including phenoxy) is 1. The highest BCUT2D eigenvalue weighted by Gasteiger charge is 2.51. The van der Waals surface area contributed by atoms with E-state index < -0.39 is 52.1 Å². The highest BCUT2D eigenvalue weighted by Crippen LogP contribution is 2.59. The Hall–Kier alpha value is -3.92. The highest BCUT2D eigenvalue weighted by atomic mass is 31.2. The fourth-order valence-electron chi connectivity index (χ4n) is 7.92.